The van der Waals surface area contributed by atoms with Crippen LogP contribution in [-0.4, -0.2) is 276 Å². The van der Waals surface area contributed by atoms with E-state index in [4.69, 9.17) is 5.73 Å². The number of hydrogen-bond acceptors (Lipinski definition) is 21. The molecule has 0 bridgehead atoms. The number of hydrogen-bond donors (Lipinski definition) is 17. The molecule has 0 unspecified atom stereocenters. The van der Waals surface area contributed by atoms with Crippen LogP contribution in [0.1, 0.15) is 221 Å². The molecule has 3 aliphatic rings. The van der Waals surface area contributed by atoms with Gasteiger partial charge in [-0.3, -0.25) is 71.9 Å². The maximum absolute atomic E-state index is 14.4. The number of aliphatic carboxylic acids is 1. The van der Waals surface area contributed by atoms with Crippen molar-refractivity contribution in [1.82, 2.24) is 78.5 Å². The van der Waals surface area contributed by atoms with Crippen molar-refractivity contribution < 1.29 is 97.1 Å². The summed E-state index contributed by atoms with van der Waals surface area (Å²) in [5, 5.41) is 74.2. The van der Waals surface area contributed by atoms with Crippen molar-refractivity contribution in [3.8, 4) is 0 Å². The van der Waals surface area contributed by atoms with Crippen LogP contribution in [0.4, 0.5) is 0 Å². The standard InChI is InChI=1S/C80H140N16O20S/c1-39(2)32-52(67(102)82-46(15)65(100)84-53(33-40(3)4)68(103)85-54(34-41(5)6)69(104)86-55(35-42(7)8)70(105)90-58(38-45(13)14)79(114)96-30-23-26-61(96)80(115)116)87-75(110)63(49(18)98)92-72(107)59-24-21-28-94(59)77(112)47(16)83-74(109)62(48(17)97)91-71(106)56(36-43(9)10)88-76(111)64(50(19)99)93-73(108)60-25-22-29-95(60)78(113)57(37-44(11)12)89-66(101)51(81)27-31-117-20/h39-64,97-99H,21-38,81H2,1-20H3,(H,82,102)(H,83,109)(H,84,100)(H,85,103)(H,86,104)(H,87,110)(H,88,111)(H,89,101)(H,90,105)(H,91,106)(H,92,107)(H,93,108)(H,115,116)/t46-,47-,48+,49+,50+,51-,52-,53-,54-,55-,56-,57-,58-,59-,60-,61-,62-,63-,64-/m0/s1. The van der Waals surface area contributed by atoms with Gasteiger partial charge in [-0.25, -0.2) is 4.79 Å². The van der Waals surface area contributed by atoms with Gasteiger partial charge in [0.15, 0.2) is 0 Å². The number of likely N-dealkylation sites (tertiary alicyclic amines) is 3. The third kappa shape index (κ3) is 33.4. The molecular formula is C80H140N16O20S. The number of aliphatic hydroxyl groups excluding tert-OH is 3. The summed E-state index contributed by atoms with van der Waals surface area (Å²) in [5.41, 5.74) is 6.12. The van der Waals surface area contributed by atoms with Crippen LogP contribution in [-0.2, 0) is 76.7 Å². The summed E-state index contributed by atoms with van der Waals surface area (Å²) in [6.45, 7) is 31.9. The Bertz CT molecular complexity index is 3380. The van der Waals surface area contributed by atoms with Crippen LogP contribution in [0.2, 0.25) is 0 Å². The van der Waals surface area contributed by atoms with Gasteiger partial charge in [0, 0.05) is 19.6 Å². The molecule has 0 saturated carbocycles. The molecule has 0 aliphatic carbocycles. The van der Waals surface area contributed by atoms with Crippen molar-refractivity contribution in [2.45, 2.75) is 336 Å². The third-order valence-electron chi connectivity index (χ3n) is 20.5. The Balaban J connectivity index is 1.74. The van der Waals surface area contributed by atoms with Gasteiger partial charge >= 0.3 is 5.97 Å². The zero-order valence-corrected chi connectivity index (χ0v) is 73.2. The molecule has 0 aromatic carbocycles. The Morgan fingerprint density at radius 3 is 0.915 bits per heavy atom. The number of carbonyl (C=O) groups is 16. The highest BCUT2D eigenvalue weighted by Crippen LogP contribution is 2.25. The van der Waals surface area contributed by atoms with E-state index in [1.807, 2.05) is 61.6 Å². The normalized spacial score (nSPS) is 19.8. The van der Waals surface area contributed by atoms with Crippen molar-refractivity contribution in [3.63, 3.8) is 0 Å². The second kappa shape index (κ2) is 49.3. The van der Waals surface area contributed by atoms with Crippen molar-refractivity contribution in [2.75, 3.05) is 31.6 Å². The molecule has 19 atom stereocenters. The summed E-state index contributed by atoms with van der Waals surface area (Å²) >= 11 is 1.51. The topological polar surface area (TPSA) is 534 Å². The highest BCUT2D eigenvalue weighted by molar-refractivity contribution is 7.98. The van der Waals surface area contributed by atoms with E-state index in [2.05, 4.69) is 63.8 Å². The number of rotatable bonds is 48. The first kappa shape index (κ1) is 103. The molecule has 0 aromatic rings. The van der Waals surface area contributed by atoms with Crippen molar-refractivity contribution in [2.24, 2.45) is 47.2 Å². The maximum atomic E-state index is 14.4. The van der Waals surface area contributed by atoms with Crippen LogP contribution < -0.4 is 69.5 Å². The number of amides is 15. The van der Waals surface area contributed by atoms with E-state index in [1.54, 1.807) is 41.5 Å². The fourth-order valence-corrected chi connectivity index (χ4v) is 14.9. The van der Waals surface area contributed by atoms with Gasteiger partial charge in [0.25, 0.3) is 0 Å². The summed E-state index contributed by atoms with van der Waals surface area (Å²) in [4.78, 5) is 227. The van der Waals surface area contributed by atoms with Gasteiger partial charge in [0.1, 0.15) is 90.6 Å². The van der Waals surface area contributed by atoms with E-state index in [1.165, 1.54) is 56.2 Å². The average Bonchev–Trinajstić information content (AvgIpc) is 1.73. The van der Waals surface area contributed by atoms with Gasteiger partial charge in [0.05, 0.1) is 24.4 Å². The molecule has 0 aromatic heterocycles. The fourth-order valence-electron chi connectivity index (χ4n) is 14.4. The summed E-state index contributed by atoms with van der Waals surface area (Å²) in [5.74, 6) is -13.7. The average molecular weight is 1680 g/mol. The first-order valence-electron chi connectivity index (χ1n) is 41.6. The van der Waals surface area contributed by atoms with Crippen molar-refractivity contribution in [1.29, 1.82) is 0 Å². The number of thioether (sulfide) groups is 1. The maximum Gasteiger partial charge on any atom is 0.326 e. The number of carboxylic acid groups (broad SMARTS) is 1. The van der Waals surface area contributed by atoms with E-state index in [9.17, 15) is 97.1 Å². The minimum atomic E-state index is -1.76. The second-order valence-electron chi connectivity index (χ2n) is 34.8. The van der Waals surface area contributed by atoms with E-state index in [0.717, 1.165) is 4.90 Å². The summed E-state index contributed by atoms with van der Waals surface area (Å²) in [6.07, 6.45) is -0.213. The highest BCUT2D eigenvalue weighted by atomic mass is 32.2. The lowest BCUT2D eigenvalue weighted by molar-refractivity contribution is -0.149. The van der Waals surface area contributed by atoms with Crippen molar-refractivity contribution in [3.05, 3.63) is 0 Å². The van der Waals surface area contributed by atoms with E-state index < -0.39 is 210 Å². The zero-order valence-electron chi connectivity index (χ0n) is 72.4. The number of nitrogens with two attached hydrogens (primary N) is 1. The van der Waals surface area contributed by atoms with Crippen LogP contribution in [0.15, 0.2) is 0 Å². The highest BCUT2D eigenvalue weighted by Gasteiger charge is 2.45. The molecule has 0 spiro atoms. The smallest absolute Gasteiger partial charge is 0.326 e. The molecule has 37 heteroatoms. The van der Waals surface area contributed by atoms with E-state index >= 15 is 0 Å². The van der Waals surface area contributed by atoms with Crippen LogP contribution in [0.3, 0.4) is 0 Å². The summed E-state index contributed by atoms with van der Waals surface area (Å²) in [7, 11) is 0. The molecule has 117 heavy (non-hydrogen) atoms. The molecule has 3 heterocycles. The summed E-state index contributed by atoms with van der Waals surface area (Å²) < 4.78 is 0. The lowest BCUT2D eigenvalue weighted by Crippen LogP contribution is -2.63. The SMILES string of the molecule is CSCC[C@H](N)C(=O)N[C@@H](CC(C)C)C(=O)N1CCC[C@H]1C(=O)N[C@H](C(=O)N[C@@H](CC(C)C)C(=O)N[C@H](C(=O)N[C@@H](C)C(=O)N1CCC[C@H]1C(=O)N[C@H](C(=O)N[C@@H](CC(C)C)C(=O)N[C@@H](C)C(=O)N[C@@H](CC(C)C)C(=O)N[C@@H](CC(C)C)C(=O)N[C@@H](CC(C)C)C(=O)N[C@@H](CC(C)C)C(=O)N1CCC[C@H]1C(=O)O)[C@@H](C)O)[C@@H](C)O)[C@@H](C)O. The van der Waals surface area contributed by atoms with Crippen LogP contribution in [0.5, 0.6) is 0 Å². The van der Waals surface area contributed by atoms with Gasteiger partial charge in [0.2, 0.25) is 88.6 Å². The van der Waals surface area contributed by atoms with Gasteiger partial charge in [-0.15, -0.1) is 0 Å². The van der Waals surface area contributed by atoms with Gasteiger partial charge in [-0.1, -0.05) is 96.9 Å². The molecule has 0 radical (unpaired) electrons. The Morgan fingerprint density at radius 2 is 0.581 bits per heavy atom. The monoisotopic (exact) mass is 1680 g/mol. The van der Waals surface area contributed by atoms with Gasteiger partial charge in [-0.2, -0.15) is 11.8 Å². The second-order valence-corrected chi connectivity index (χ2v) is 35.8. The predicted octanol–water partition coefficient (Wildman–Crippen LogP) is -0.553. The molecule has 15 amide bonds. The van der Waals surface area contributed by atoms with Crippen LogP contribution in [0, 0.1) is 41.4 Å². The van der Waals surface area contributed by atoms with Gasteiger partial charge in [-0.05, 0) is 178 Å². The van der Waals surface area contributed by atoms with Crippen LogP contribution >= 0.6 is 11.8 Å². The first-order chi connectivity index (χ1) is 54.5. The van der Waals surface area contributed by atoms with E-state index in [-0.39, 0.29) is 132 Å². The lowest BCUT2D eigenvalue weighted by atomic mass is 9.97. The van der Waals surface area contributed by atoms with E-state index in [0.29, 0.717) is 25.0 Å². The minimum absolute atomic E-state index is 0.0131. The number of nitrogens with one attached hydrogen (secondary N) is 12. The fraction of sp³-hybridized carbons (Fsp3) is 0.800. The first-order valence-corrected chi connectivity index (χ1v) is 43.0. The Labute approximate surface area is 694 Å². The minimum Gasteiger partial charge on any atom is -0.480 e. The molecule has 3 saturated heterocycles. The summed E-state index contributed by atoms with van der Waals surface area (Å²) in [6, 6.07) is -20.8. The number of aliphatic hydroxyl groups is 3. The third-order valence-corrected chi connectivity index (χ3v) is 21.1. The molecule has 666 valence electrons. The molecule has 3 rings (SSSR count). The Kier molecular flexibility index (Phi) is 43.4. The largest absolute Gasteiger partial charge is 0.480 e. The Morgan fingerprint density at radius 1 is 0.325 bits per heavy atom. The molecule has 3 aliphatic heterocycles. The van der Waals surface area contributed by atoms with Crippen LogP contribution in [0.25, 0.3) is 0 Å². The number of nitrogens with zero attached hydrogens (tertiary/aromatic N) is 3. The molecular weight excluding hydrogens is 1540 g/mol. The number of carboxylic acids is 1. The quantitative estimate of drug-likeness (QED) is 0.0363. The van der Waals surface area contributed by atoms with Gasteiger partial charge < -0.3 is 105 Å². The molecule has 36 nitrogen and oxygen atoms in total. The zero-order chi connectivity index (χ0) is 88.9. The Hall–Kier alpha value is -8.29. The number of carbonyl (C=O) groups excluding carboxylic acids is 15. The lowest BCUT2D eigenvalue weighted by Gasteiger charge is -2.32. The van der Waals surface area contributed by atoms with Crippen molar-refractivity contribution >= 4 is 106 Å². The molecule has 3 fully saturated rings. The molecule has 18 N–H and O–H groups in total. The predicted molar refractivity (Wildman–Crippen MR) is 439 cm³/mol.